The van der Waals surface area contributed by atoms with Gasteiger partial charge >= 0.3 is 9.28 Å². The third-order valence-electron chi connectivity index (χ3n) is 4.50. The molecule has 0 spiro atoms. The van der Waals surface area contributed by atoms with Crippen LogP contribution in [0.1, 0.15) is 59.8 Å². The van der Waals surface area contributed by atoms with Crippen LogP contribution in [-0.4, -0.2) is 46.1 Å². The topological polar surface area (TPSA) is 47.9 Å². The minimum Gasteiger partial charge on any atom is -0.413 e. The highest BCUT2D eigenvalue weighted by Crippen LogP contribution is 2.26. The van der Waals surface area contributed by atoms with Crippen LogP contribution in [0.2, 0.25) is 6.04 Å². The average molecular weight is 307 g/mol. The molecule has 0 rings (SSSR count). The molecule has 20 heavy (non-hydrogen) atoms. The van der Waals surface area contributed by atoms with Crippen molar-refractivity contribution < 1.29 is 18.7 Å². The van der Waals surface area contributed by atoms with Gasteiger partial charge < -0.3 is 18.7 Å². The van der Waals surface area contributed by atoms with Crippen LogP contribution in [0.3, 0.4) is 0 Å². The lowest BCUT2D eigenvalue weighted by molar-refractivity contribution is -0.0780. The van der Waals surface area contributed by atoms with Crippen molar-refractivity contribution in [2.45, 2.75) is 77.0 Å². The van der Waals surface area contributed by atoms with Gasteiger partial charge in [0.05, 0.1) is 17.8 Å². The van der Waals surface area contributed by atoms with Gasteiger partial charge in [-0.2, -0.15) is 0 Å². The van der Waals surface area contributed by atoms with Crippen LogP contribution < -0.4 is 0 Å². The highest BCUT2D eigenvalue weighted by molar-refractivity contribution is 6.42. The van der Waals surface area contributed by atoms with Crippen molar-refractivity contribution in [2.24, 2.45) is 0 Å². The van der Waals surface area contributed by atoms with E-state index in [0.29, 0.717) is 6.61 Å². The number of hydrogen-bond donors (Lipinski definition) is 1. The van der Waals surface area contributed by atoms with Crippen LogP contribution in [0.4, 0.5) is 0 Å². The molecule has 0 aromatic carbocycles. The van der Waals surface area contributed by atoms with E-state index < -0.39 is 9.28 Å². The molecule has 0 fully saturated rings. The van der Waals surface area contributed by atoms with E-state index in [1.165, 1.54) is 0 Å². The van der Waals surface area contributed by atoms with Gasteiger partial charge in [0, 0.05) is 14.2 Å². The molecule has 3 atom stereocenters. The van der Waals surface area contributed by atoms with Gasteiger partial charge in [0.2, 0.25) is 0 Å². The van der Waals surface area contributed by atoms with Crippen molar-refractivity contribution in [3.05, 3.63) is 0 Å². The largest absolute Gasteiger partial charge is 0.413 e. The number of hydrogen-bond acceptors (Lipinski definition) is 4. The van der Waals surface area contributed by atoms with Crippen LogP contribution in [0.15, 0.2) is 0 Å². The van der Waals surface area contributed by atoms with Gasteiger partial charge in [0.1, 0.15) is 0 Å². The van der Waals surface area contributed by atoms with Gasteiger partial charge in [-0.1, -0.05) is 13.8 Å². The monoisotopic (exact) mass is 306 g/mol. The average Bonchev–Trinajstić information content (AvgIpc) is 2.46. The van der Waals surface area contributed by atoms with E-state index in [9.17, 15) is 4.80 Å². The van der Waals surface area contributed by atoms with Crippen molar-refractivity contribution in [1.82, 2.24) is 0 Å². The summed E-state index contributed by atoms with van der Waals surface area (Å²) in [4.78, 5) is 9.53. The second-order valence-corrected chi connectivity index (χ2v) is 7.95. The summed E-state index contributed by atoms with van der Waals surface area (Å²) in [6.07, 6.45) is 4.80. The first-order valence-corrected chi connectivity index (χ1v) is 9.55. The van der Waals surface area contributed by atoms with E-state index in [-0.39, 0.29) is 11.2 Å². The van der Waals surface area contributed by atoms with E-state index in [1.54, 1.807) is 14.2 Å². The highest BCUT2D eigenvalue weighted by Gasteiger charge is 2.26. The van der Waals surface area contributed by atoms with Crippen molar-refractivity contribution in [1.29, 1.82) is 0 Å². The maximum absolute atomic E-state index is 9.53. The van der Waals surface area contributed by atoms with E-state index in [4.69, 9.17) is 13.9 Å². The molecule has 0 radical (unpaired) electrons. The third kappa shape index (κ3) is 7.74. The summed E-state index contributed by atoms with van der Waals surface area (Å²) in [5, 5.41) is 0. The molecule has 4 nitrogen and oxygen atoms in total. The number of ether oxygens (including phenoxy) is 2. The van der Waals surface area contributed by atoms with E-state index >= 15 is 0 Å². The van der Waals surface area contributed by atoms with E-state index in [2.05, 4.69) is 27.7 Å². The summed E-state index contributed by atoms with van der Waals surface area (Å²) in [5.41, 5.74) is -0.196. The van der Waals surface area contributed by atoms with Crippen LogP contribution in [0.5, 0.6) is 0 Å². The quantitative estimate of drug-likeness (QED) is 0.563. The Balaban J connectivity index is 4.11. The van der Waals surface area contributed by atoms with Gasteiger partial charge in [-0.05, 0) is 52.0 Å². The van der Waals surface area contributed by atoms with Gasteiger partial charge in [-0.15, -0.1) is 0 Å². The van der Waals surface area contributed by atoms with Crippen molar-refractivity contribution in [2.75, 3.05) is 20.8 Å². The third-order valence-corrected chi connectivity index (χ3v) is 5.95. The molecule has 0 heterocycles. The van der Waals surface area contributed by atoms with Crippen molar-refractivity contribution >= 4 is 9.28 Å². The molecule has 0 saturated carbocycles. The lowest BCUT2D eigenvalue weighted by Crippen LogP contribution is -2.33. The fraction of sp³-hybridized carbons (Fsp3) is 1.00. The molecule has 0 aromatic heterocycles. The second-order valence-electron chi connectivity index (χ2n) is 5.99. The van der Waals surface area contributed by atoms with Gasteiger partial charge in [0.25, 0.3) is 0 Å². The predicted octanol–water partition coefficient (Wildman–Crippen LogP) is 3.02. The standard InChI is InChI=1S/C15H34O4Si/c1-7-14(3,17-5)11-12-19-15(4,8-2)10-9-13-20(16)18-6/h16,20H,7-13H2,1-6H3. The second kappa shape index (κ2) is 9.90. The lowest BCUT2D eigenvalue weighted by atomic mass is 9.96. The summed E-state index contributed by atoms with van der Waals surface area (Å²) in [6.45, 7) is 9.29. The Bertz CT molecular complexity index is 246. The van der Waals surface area contributed by atoms with E-state index in [1.807, 2.05) is 0 Å². The maximum Gasteiger partial charge on any atom is 0.318 e. The van der Waals surface area contributed by atoms with Crippen molar-refractivity contribution in [3.8, 4) is 0 Å². The van der Waals surface area contributed by atoms with E-state index in [0.717, 1.165) is 38.1 Å². The molecule has 0 aromatic rings. The lowest BCUT2D eigenvalue weighted by Gasteiger charge is -2.32. The zero-order valence-electron chi connectivity index (χ0n) is 14.2. The summed E-state index contributed by atoms with van der Waals surface area (Å²) in [6, 6.07) is 0.792. The first kappa shape index (κ1) is 20.1. The SMILES string of the molecule is CCC(C)(CCOC(C)(CC)CCC[SiH](O)OC)OC. The normalized spacial score (nSPS) is 19.4. The fourth-order valence-corrected chi connectivity index (χ4v) is 2.85. The Morgan fingerprint density at radius 2 is 1.60 bits per heavy atom. The smallest absolute Gasteiger partial charge is 0.318 e. The highest BCUT2D eigenvalue weighted by atomic mass is 28.3. The number of methoxy groups -OCH3 is 1. The summed E-state index contributed by atoms with van der Waals surface area (Å²) in [5.74, 6) is 0. The van der Waals surface area contributed by atoms with Crippen molar-refractivity contribution in [3.63, 3.8) is 0 Å². The molecule has 1 N–H and O–H groups in total. The molecule has 122 valence electrons. The Morgan fingerprint density at radius 3 is 2.05 bits per heavy atom. The predicted molar refractivity (Wildman–Crippen MR) is 85.4 cm³/mol. The first-order chi connectivity index (χ1) is 9.34. The first-order valence-electron chi connectivity index (χ1n) is 7.74. The van der Waals surface area contributed by atoms with Crippen LogP contribution >= 0.6 is 0 Å². The molecular formula is C15H34O4Si. The minimum absolute atomic E-state index is 0.0895. The molecule has 3 unspecified atom stereocenters. The molecule has 0 saturated heterocycles. The summed E-state index contributed by atoms with van der Waals surface area (Å²) >= 11 is 0. The molecule has 0 amide bonds. The Kier molecular flexibility index (Phi) is 9.92. The number of rotatable bonds is 12. The summed E-state index contributed by atoms with van der Waals surface area (Å²) < 4.78 is 16.6. The molecular weight excluding hydrogens is 272 g/mol. The minimum atomic E-state index is -1.92. The zero-order valence-corrected chi connectivity index (χ0v) is 15.4. The van der Waals surface area contributed by atoms with Gasteiger partial charge in [-0.3, -0.25) is 0 Å². The summed E-state index contributed by atoms with van der Waals surface area (Å²) in [7, 11) is 1.43. The molecule has 0 aliphatic rings. The molecule has 5 heteroatoms. The Labute approximate surface area is 126 Å². The maximum atomic E-state index is 9.53. The van der Waals surface area contributed by atoms with Gasteiger partial charge in [0.15, 0.2) is 0 Å². The Morgan fingerprint density at radius 1 is 1.00 bits per heavy atom. The van der Waals surface area contributed by atoms with Gasteiger partial charge in [-0.25, -0.2) is 0 Å². The fourth-order valence-electron chi connectivity index (χ4n) is 2.06. The Hall–Kier alpha value is 0.0569. The molecule has 0 aliphatic heterocycles. The van der Waals surface area contributed by atoms with Crippen LogP contribution in [0, 0.1) is 0 Å². The van der Waals surface area contributed by atoms with Crippen LogP contribution in [0.25, 0.3) is 0 Å². The molecule has 0 bridgehead atoms. The molecule has 0 aliphatic carbocycles. The zero-order chi connectivity index (χ0) is 15.6. The van der Waals surface area contributed by atoms with Crippen LogP contribution in [-0.2, 0) is 13.9 Å².